The molecule has 2 unspecified atom stereocenters. The van der Waals surface area contributed by atoms with Gasteiger partial charge in [0.1, 0.15) is 0 Å². The topological polar surface area (TPSA) is 21.3 Å². The van der Waals surface area contributed by atoms with Gasteiger partial charge in [0.05, 0.1) is 0 Å². The Morgan fingerprint density at radius 2 is 1.94 bits per heavy atom. The van der Waals surface area contributed by atoms with Crippen LogP contribution < -0.4 is 5.32 Å². The zero-order valence-electron chi connectivity index (χ0n) is 10.7. The molecule has 2 rings (SSSR count). The van der Waals surface area contributed by atoms with Gasteiger partial charge in [0.25, 0.3) is 0 Å². The molecule has 2 fully saturated rings. The summed E-state index contributed by atoms with van der Waals surface area (Å²) in [5.41, 5.74) is 0. The van der Waals surface area contributed by atoms with E-state index in [-0.39, 0.29) is 0 Å². The smallest absolute Gasteiger partial charge is 0.0462 e. The first-order valence-corrected chi connectivity index (χ1v) is 7.12. The fraction of sp³-hybridized carbons (Fsp3) is 1.00. The Hall–Kier alpha value is -0.0800. The van der Waals surface area contributed by atoms with E-state index in [1.165, 1.54) is 57.9 Å². The molecule has 2 heteroatoms. The van der Waals surface area contributed by atoms with Crippen molar-refractivity contribution >= 4 is 0 Å². The van der Waals surface area contributed by atoms with Gasteiger partial charge in [0.2, 0.25) is 0 Å². The van der Waals surface area contributed by atoms with Gasteiger partial charge in [-0.2, -0.15) is 0 Å². The second-order valence-electron chi connectivity index (χ2n) is 5.62. The minimum Gasteiger partial charge on any atom is -0.385 e. The van der Waals surface area contributed by atoms with Crippen molar-refractivity contribution in [3.8, 4) is 0 Å². The van der Waals surface area contributed by atoms with Gasteiger partial charge in [0, 0.05) is 19.8 Å². The molecule has 2 atom stereocenters. The van der Waals surface area contributed by atoms with Crippen LogP contribution in [0.1, 0.15) is 51.4 Å². The minimum atomic E-state index is 0.821. The molecule has 0 spiro atoms. The molecule has 0 radical (unpaired) electrons. The molecule has 94 valence electrons. The molecule has 0 amide bonds. The average molecular weight is 225 g/mol. The normalized spacial score (nSPS) is 30.6. The predicted octanol–water partition coefficient (Wildman–Crippen LogP) is 2.97. The van der Waals surface area contributed by atoms with Gasteiger partial charge < -0.3 is 10.1 Å². The van der Waals surface area contributed by atoms with Crippen molar-refractivity contribution in [2.75, 3.05) is 20.3 Å². The molecular formula is C14H27NO. The maximum Gasteiger partial charge on any atom is 0.0462 e. The molecule has 0 heterocycles. The highest BCUT2D eigenvalue weighted by molar-refractivity contribution is 4.87. The molecule has 0 aromatic carbocycles. The van der Waals surface area contributed by atoms with Crippen molar-refractivity contribution in [1.29, 1.82) is 0 Å². The molecule has 1 N–H and O–H groups in total. The van der Waals surface area contributed by atoms with Crippen LogP contribution in [0.25, 0.3) is 0 Å². The summed E-state index contributed by atoms with van der Waals surface area (Å²) in [6.07, 6.45) is 11.3. The SMILES string of the molecule is COCCCCNC1CCCC(C2CC2)C1. The van der Waals surface area contributed by atoms with Gasteiger partial charge >= 0.3 is 0 Å². The van der Waals surface area contributed by atoms with Gasteiger partial charge in [-0.1, -0.05) is 12.8 Å². The molecule has 0 aliphatic heterocycles. The molecule has 2 aliphatic carbocycles. The molecule has 2 aliphatic rings. The molecule has 2 saturated carbocycles. The van der Waals surface area contributed by atoms with Crippen LogP contribution in [0.4, 0.5) is 0 Å². The van der Waals surface area contributed by atoms with Crippen LogP contribution in [-0.2, 0) is 4.74 Å². The van der Waals surface area contributed by atoms with Gasteiger partial charge in [-0.25, -0.2) is 0 Å². The second-order valence-corrected chi connectivity index (χ2v) is 5.62. The number of nitrogens with one attached hydrogen (secondary N) is 1. The Morgan fingerprint density at radius 3 is 2.69 bits per heavy atom. The lowest BCUT2D eigenvalue weighted by atomic mass is 9.83. The third-order valence-corrected chi connectivity index (χ3v) is 4.21. The van der Waals surface area contributed by atoms with Gasteiger partial charge in [0.15, 0.2) is 0 Å². The van der Waals surface area contributed by atoms with Crippen LogP contribution in [0.3, 0.4) is 0 Å². The second kappa shape index (κ2) is 6.61. The first kappa shape index (κ1) is 12.4. The summed E-state index contributed by atoms with van der Waals surface area (Å²) in [5.74, 6) is 2.17. The van der Waals surface area contributed by atoms with E-state index >= 15 is 0 Å². The van der Waals surface area contributed by atoms with E-state index < -0.39 is 0 Å². The van der Waals surface area contributed by atoms with Crippen LogP contribution in [0.15, 0.2) is 0 Å². The molecule has 0 bridgehead atoms. The summed E-state index contributed by atoms with van der Waals surface area (Å²) in [4.78, 5) is 0. The number of unbranched alkanes of at least 4 members (excludes halogenated alkanes) is 1. The summed E-state index contributed by atoms with van der Waals surface area (Å²) in [7, 11) is 1.79. The third-order valence-electron chi connectivity index (χ3n) is 4.21. The zero-order chi connectivity index (χ0) is 11.2. The summed E-state index contributed by atoms with van der Waals surface area (Å²) in [5, 5.41) is 3.74. The largest absolute Gasteiger partial charge is 0.385 e. The number of hydrogen-bond acceptors (Lipinski definition) is 2. The molecular weight excluding hydrogens is 198 g/mol. The van der Waals surface area contributed by atoms with Crippen LogP contribution in [0.2, 0.25) is 0 Å². The maximum atomic E-state index is 5.06. The van der Waals surface area contributed by atoms with Crippen molar-refractivity contribution in [3.05, 3.63) is 0 Å². The van der Waals surface area contributed by atoms with Crippen molar-refractivity contribution in [2.45, 2.75) is 57.4 Å². The van der Waals surface area contributed by atoms with E-state index in [1.54, 1.807) is 7.11 Å². The first-order chi connectivity index (χ1) is 7.90. The molecule has 0 aromatic rings. The van der Waals surface area contributed by atoms with Crippen molar-refractivity contribution < 1.29 is 4.74 Å². The number of methoxy groups -OCH3 is 1. The summed E-state index contributed by atoms with van der Waals surface area (Å²) in [6.45, 7) is 2.10. The molecule has 0 saturated heterocycles. The summed E-state index contributed by atoms with van der Waals surface area (Å²) < 4.78 is 5.06. The fourth-order valence-corrected chi connectivity index (χ4v) is 3.09. The number of rotatable bonds is 7. The Kier molecular flexibility index (Phi) is 5.11. The predicted molar refractivity (Wildman–Crippen MR) is 67.6 cm³/mol. The Bertz CT molecular complexity index is 191. The lowest BCUT2D eigenvalue weighted by Gasteiger charge is -2.30. The molecule has 16 heavy (non-hydrogen) atoms. The van der Waals surface area contributed by atoms with E-state index in [4.69, 9.17) is 4.74 Å². The lowest BCUT2D eigenvalue weighted by Crippen LogP contribution is -2.35. The highest BCUT2D eigenvalue weighted by Gasteiger charge is 2.34. The van der Waals surface area contributed by atoms with Crippen LogP contribution >= 0.6 is 0 Å². The quantitative estimate of drug-likeness (QED) is 0.673. The lowest BCUT2D eigenvalue weighted by molar-refractivity contribution is 0.191. The fourth-order valence-electron chi connectivity index (χ4n) is 3.09. The summed E-state index contributed by atoms with van der Waals surface area (Å²) >= 11 is 0. The first-order valence-electron chi connectivity index (χ1n) is 7.12. The monoisotopic (exact) mass is 225 g/mol. The van der Waals surface area contributed by atoms with Crippen molar-refractivity contribution in [1.82, 2.24) is 5.32 Å². The Balaban J connectivity index is 1.54. The highest BCUT2D eigenvalue weighted by atomic mass is 16.5. The number of hydrogen-bond donors (Lipinski definition) is 1. The highest BCUT2D eigenvalue weighted by Crippen LogP contribution is 2.43. The van der Waals surface area contributed by atoms with Crippen LogP contribution in [-0.4, -0.2) is 26.3 Å². The Labute approximate surface area is 100 Å². The number of ether oxygens (including phenoxy) is 1. The molecule has 2 nitrogen and oxygen atoms in total. The third kappa shape index (κ3) is 4.06. The van der Waals surface area contributed by atoms with E-state index in [0.717, 1.165) is 24.5 Å². The average Bonchev–Trinajstić information content (AvgIpc) is 3.13. The van der Waals surface area contributed by atoms with Gasteiger partial charge in [-0.05, 0) is 56.9 Å². The Morgan fingerprint density at radius 1 is 1.06 bits per heavy atom. The van der Waals surface area contributed by atoms with Crippen LogP contribution in [0.5, 0.6) is 0 Å². The van der Waals surface area contributed by atoms with Crippen molar-refractivity contribution in [3.63, 3.8) is 0 Å². The zero-order valence-corrected chi connectivity index (χ0v) is 10.7. The molecule has 0 aromatic heterocycles. The van der Waals surface area contributed by atoms with E-state index in [9.17, 15) is 0 Å². The summed E-state index contributed by atoms with van der Waals surface area (Å²) in [6, 6.07) is 0.821. The van der Waals surface area contributed by atoms with E-state index in [0.29, 0.717) is 0 Å². The minimum absolute atomic E-state index is 0.821. The van der Waals surface area contributed by atoms with Gasteiger partial charge in [-0.3, -0.25) is 0 Å². The standard InChI is InChI=1S/C14H27NO/c1-16-10-3-2-9-15-14-6-4-5-13(11-14)12-7-8-12/h12-15H,2-11H2,1H3. The van der Waals surface area contributed by atoms with E-state index in [1.807, 2.05) is 0 Å². The van der Waals surface area contributed by atoms with Crippen LogP contribution in [0, 0.1) is 11.8 Å². The van der Waals surface area contributed by atoms with Crippen molar-refractivity contribution in [2.24, 2.45) is 11.8 Å². The van der Waals surface area contributed by atoms with E-state index in [2.05, 4.69) is 5.32 Å². The van der Waals surface area contributed by atoms with Gasteiger partial charge in [-0.15, -0.1) is 0 Å². The maximum absolute atomic E-state index is 5.06.